The minimum atomic E-state index is -4.95. The molecule has 0 radical (unpaired) electrons. The van der Waals surface area contributed by atoms with E-state index in [2.05, 4.69) is 27.7 Å². The highest BCUT2D eigenvalue weighted by molar-refractivity contribution is 7.47. The molecule has 0 heterocycles. The highest BCUT2D eigenvalue weighted by Gasteiger charge is 2.30. The Hall–Kier alpha value is -1.94. The smallest absolute Gasteiger partial charge is 0.462 e. The van der Waals surface area contributed by atoms with Gasteiger partial charge in [0.25, 0.3) is 0 Å². The van der Waals surface area contributed by atoms with Gasteiger partial charge in [-0.3, -0.25) is 37.3 Å². The van der Waals surface area contributed by atoms with E-state index in [1.165, 1.54) is 218 Å². The van der Waals surface area contributed by atoms with E-state index >= 15 is 0 Å². The van der Waals surface area contributed by atoms with Crippen LogP contribution in [0.2, 0.25) is 0 Å². The number of ether oxygens (including phenoxy) is 4. The van der Waals surface area contributed by atoms with Gasteiger partial charge < -0.3 is 33.8 Å². The van der Waals surface area contributed by atoms with Crippen molar-refractivity contribution in [3.05, 3.63) is 0 Å². The molecule has 0 spiro atoms. The third-order valence-electron chi connectivity index (χ3n) is 17.6. The Morgan fingerprint density at radius 3 is 0.628 bits per heavy atom. The topological polar surface area (TPSA) is 237 Å². The predicted octanol–water partition coefficient (Wildman–Crippen LogP) is 22.2. The number of phosphoric ester groups is 2. The van der Waals surface area contributed by atoms with Crippen molar-refractivity contribution in [3.8, 4) is 0 Å². The monoisotopic (exact) mass is 1380 g/mol. The second-order valence-electron chi connectivity index (χ2n) is 27.0. The zero-order chi connectivity index (χ0) is 69.0. The highest BCUT2D eigenvalue weighted by atomic mass is 31.2. The van der Waals surface area contributed by atoms with Gasteiger partial charge in [-0.1, -0.05) is 349 Å². The Bertz CT molecular complexity index is 1790. The first-order chi connectivity index (χ1) is 45.7. The van der Waals surface area contributed by atoms with E-state index in [0.29, 0.717) is 25.7 Å². The van der Waals surface area contributed by atoms with Crippen LogP contribution < -0.4 is 0 Å². The summed E-state index contributed by atoms with van der Waals surface area (Å²) in [7, 11) is -9.90. The molecule has 2 unspecified atom stereocenters. The second-order valence-corrected chi connectivity index (χ2v) is 29.9. The van der Waals surface area contributed by atoms with Crippen LogP contribution in [0.3, 0.4) is 0 Å². The number of carbonyl (C=O) groups is 4. The molecule has 0 saturated heterocycles. The maximum Gasteiger partial charge on any atom is 0.472 e. The predicted molar refractivity (Wildman–Crippen MR) is 382 cm³/mol. The largest absolute Gasteiger partial charge is 0.472 e. The molecule has 94 heavy (non-hydrogen) atoms. The number of hydrogen-bond donors (Lipinski definition) is 3. The lowest BCUT2D eigenvalue weighted by Gasteiger charge is -2.21. The van der Waals surface area contributed by atoms with Crippen molar-refractivity contribution in [3.63, 3.8) is 0 Å². The third-order valence-corrected chi connectivity index (χ3v) is 19.5. The van der Waals surface area contributed by atoms with E-state index in [9.17, 15) is 43.2 Å². The second kappa shape index (κ2) is 69.5. The molecular formula is C75H146O17P2. The minimum absolute atomic E-state index is 0.108. The van der Waals surface area contributed by atoms with Crippen LogP contribution in [0.5, 0.6) is 0 Å². The Morgan fingerprint density at radius 2 is 0.426 bits per heavy atom. The Labute approximate surface area is 575 Å². The van der Waals surface area contributed by atoms with Crippen LogP contribution in [0, 0.1) is 0 Å². The Balaban J connectivity index is 5.18. The van der Waals surface area contributed by atoms with Gasteiger partial charge >= 0.3 is 39.5 Å². The molecule has 17 nitrogen and oxygen atoms in total. The highest BCUT2D eigenvalue weighted by Crippen LogP contribution is 2.45. The number of rotatable bonds is 76. The summed E-state index contributed by atoms with van der Waals surface area (Å²) in [6.45, 7) is 4.94. The number of phosphoric acid groups is 2. The summed E-state index contributed by atoms with van der Waals surface area (Å²) in [5, 5.41) is 10.6. The van der Waals surface area contributed by atoms with Crippen LogP contribution in [-0.2, 0) is 65.4 Å². The molecule has 5 atom stereocenters. The van der Waals surface area contributed by atoms with Gasteiger partial charge in [0.1, 0.15) is 19.3 Å². The van der Waals surface area contributed by atoms with Crippen LogP contribution in [0.4, 0.5) is 0 Å². The van der Waals surface area contributed by atoms with E-state index in [0.717, 1.165) is 103 Å². The molecular weight excluding hydrogens is 1230 g/mol. The Morgan fingerprint density at radius 1 is 0.255 bits per heavy atom. The van der Waals surface area contributed by atoms with E-state index in [-0.39, 0.29) is 25.7 Å². The number of hydrogen-bond acceptors (Lipinski definition) is 15. The molecule has 0 aromatic heterocycles. The molecule has 0 saturated carbocycles. The van der Waals surface area contributed by atoms with Crippen molar-refractivity contribution in [1.82, 2.24) is 0 Å². The van der Waals surface area contributed by atoms with Crippen LogP contribution in [0.15, 0.2) is 0 Å². The SMILES string of the molecule is CCCCCCCCCCCCCCCCCCCCCC(=O)O[C@H](COC(=O)CCCCCCCCCCCCCCCCCC)COP(=O)(O)OC[C@@H](O)COP(=O)(O)OC[C@@H](COC(=O)CCCCCCCCC)OC(=O)CCCCCCCCCCCCCC. The fraction of sp³-hybridized carbons (Fsp3) is 0.947. The molecule has 0 aromatic rings. The lowest BCUT2D eigenvalue weighted by Crippen LogP contribution is -2.30. The summed E-state index contributed by atoms with van der Waals surface area (Å²) in [6.07, 6.45) is 59.8. The number of aliphatic hydroxyl groups is 1. The zero-order valence-corrected chi connectivity index (χ0v) is 62.7. The van der Waals surface area contributed by atoms with Gasteiger partial charge in [-0.25, -0.2) is 9.13 Å². The molecule has 0 aliphatic rings. The Kier molecular flexibility index (Phi) is 68.1. The lowest BCUT2D eigenvalue weighted by molar-refractivity contribution is -0.161. The molecule has 19 heteroatoms. The maximum atomic E-state index is 13.1. The van der Waals surface area contributed by atoms with Gasteiger partial charge in [0.2, 0.25) is 0 Å². The van der Waals surface area contributed by atoms with Gasteiger partial charge in [-0.05, 0) is 25.7 Å². The van der Waals surface area contributed by atoms with Crippen molar-refractivity contribution in [2.45, 2.75) is 418 Å². The quantitative estimate of drug-likeness (QED) is 0.0222. The standard InChI is InChI=1S/C75H146O17P2/c1-5-9-13-17-21-24-27-30-32-34-35-36-38-40-43-46-50-54-58-62-75(80)92-71(66-86-73(78)60-56-52-48-44-42-39-37-33-31-28-25-22-18-14-10-6-2)68-90-94(83,84)88-64-69(76)63-87-93(81,82)89-67-70(65-85-72(77)59-55-51-47-20-16-12-8-4)91-74(79)61-57-53-49-45-41-29-26-23-19-15-11-7-3/h69-71,76H,5-68H2,1-4H3,(H,81,82)(H,83,84)/t69-,70+,71+/m0/s1. The van der Waals surface area contributed by atoms with Crippen LogP contribution in [-0.4, -0.2) is 96.7 Å². The third kappa shape index (κ3) is 68.6. The first kappa shape index (κ1) is 92.1. The van der Waals surface area contributed by atoms with Gasteiger partial charge in [0, 0.05) is 25.7 Å². The van der Waals surface area contributed by atoms with E-state index < -0.39 is 97.5 Å². The van der Waals surface area contributed by atoms with Crippen LogP contribution in [0.25, 0.3) is 0 Å². The summed E-state index contributed by atoms with van der Waals surface area (Å²) in [6, 6.07) is 0. The van der Waals surface area contributed by atoms with Gasteiger partial charge in [0.05, 0.1) is 26.4 Å². The number of esters is 4. The summed E-state index contributed by atoms with van der Waals surface area (Å²) in [4.78, 5) is 72.6. The first-order valence-electron chi connectivity index (χ1n) is 39.3. The molecule has 3 N–H and O–H groups in total. The number of carbonyl (C=O) groups excluding carboxylic acids is 4. The van der Waals surface area contributed by atoms with Gasteiger partial charge in [0.15, 0.2) is 12.2 Å². The van der Waals surface area contributed by atoms with Crippen molar-refractivity contribution < 1.29 is 80.2 Å². The molecule has 0 aromatic carbocycles. The molecule has 0 fully saturated rings. The van der Waals surface area contributed by atoms with Gasteiger partial charge in [-0.15, -0.1) is 0 Å². The summed E-state index contributed by atoms with van der Waals surface area (Å²) in [5.41, 5.74) is 0. The molecule has 0 aliphatic heterocycles. The fourth-order valence-corrected chi connectivity index (χ4v) is 13.2. The number of aliphatic hydroxyl groups excluding tert-OH is 1. The van der Waals surface area contributed by atoms with E-state index in [4.69, 9.17) is 37.0 Å². The van der Waals surface area contributed by atoms with Crippen LogP contribution >= 0.6 is 15.6 Å². The van der Waals surface area contributed by atoms with Crippen molar-refractivity contribution in [1.29, 1.82) is 0 Å². The van der Waals surface area contributed by atoms with Gasteiger partial charge in [-0.2, -0.15) is 0 Å². The average molecular weight is 1380 g/mol. The number of unbranched alkanes of at least 4 members (excludes halogenated alkanes) is 50. The molecule has 0 aliphatic carbocycles. The molecule has 558 valence electrons. The van der Waals surface area contributed by atoms with Crippen molar-refractivity contribution >= 4 is 39.5 Å². The fourth-order valence-electron chi connectivity index (χ4n) is 11.6. The summed E-state index contributed by atoms with van der Waals surface area (Å²) < 4.78 is 68.4. The summed E-state index contributed by atoms with van der Waals surface area (Å²) in [5.74, 6) is -2.12. The van der Waals surface area contributed by atoms with E-state index in [1.807, 2.05) is 0 Å². The van der Waals surface area contributed by atoms with Crippen LogP contribution in [0.1, 0.15) is 400 Å². The zero-order valence-electron chi connectivity index (χ0n) is 60.9. The molecule has 0 rings (SSSR count). The van der Waals surface area contributed by atoms with E-state index in [1.54, 1.807) is 0 Å². The molecule has 0 bridgehead atoms. The van der Waals surface area contributed by atoms with Crippen molar-refractivity contribution in [2.75, 3.05) is 39.6 Å². The molecule has 0 amide bonds. The lowest BCUT2D eigenvalue weighted by atomic mass is 10.0. The normalized spacial score (nSPS) is 13.9. The first-order valence-corrected chi connectivity index (χ1v) is 42.3. The summed E-state index contributed by atoms with van der Waals surface area (Å²) >= 11 is 0. The van der Waals surface area contributed by atoms with Crippen molar-refractivity contribution in [2.24, 2.45) is 0 Å². The maximum absolute atomic E-state index is 13.1. The minimum Gasteiger partial charge on any atom is -0.462 e. The average Bonchev–Trinajstić information content (AvgIpc) is 1.55.